The predicted octanol–water partition coefficient (Wildman–Crippen LogP) is 2.45. The second-order valence-corrected chi connectivity index (χ2v) is 8.03. The average molecular weight is 459 g/mol. The first-order chi connectivity index (χ1) is 15.7. The lowest BCUT2D eigenvalue weighted by Crippen LogP contribution is -2.39. The lowest BCUT2D eigenvalue weighted by Gasteiger charge is -2.28. The van der Waals surface area contributed by atoms with Crippen LogP contribution in [0.3, 0.4) is 0 Å². The second kappa shape index (κ2) is 10.5. The topological polar surface area (TPSA) is 145 Å². The molecule has 3 unspecified atom stereocenters. The minimum Gasteiger partial charge on any atom is -0.479 e. The van der Waals surface area contributed by atoms with Crippen molar-refractivity contribution in [2.75, 3.05) is 16.3 Å². The van der Waals surface area contributed by atoms with Gasteiger partial charge in [-0.3, -0.25) is 5.41 Å². The molecule has 0 saturated carbocycles. The largest absolute Gasteiger partial charge is 0.479 e. The zero-order valence-corrected chi connectivity index (χ0v) is 19.3. The molecule has 2 aromatic carbocycles. The van der Waals surface area contributed by atoms with Gasteiger partial charge in [-0.15, -0.1) is 0 Å². The third kappa shape index (κ3) is 5.50. The highest BCUT2D eigenvalue weighted by Crippen LogP contribution is 2.35. The number of hydrogen-bond donors (Lipinski definition) is 5. The van der Waals surface area contributed by atoms with E-state index in [4.69, 9.17) is 27.2 Å². The minimum atomic E-state index is -2.27. The number of aryl methyl sites for hydroxylation is 4. The van der Waals surface area contributed by atoms with Gasteiger partial charge in [0.1, 0.15) is 0 Å². The Bertz CT molecular complexity index is 1050. The number of nitrogens with one attached hydrogen (secondary N) is 1. The summed E-state index contributed by atoms with van der Waals surface area (Å²) in [7, 11) is 0. The molecule has 33 heavy (non-hydrogen) atoms. The third-order valence-electron chi connectivity index (χ3n) is 5.41. The molecule has 2 aromatic rings. The van der Waals surface area contributed by atoms with E-state index in [0.717, 1.165) is 33.6 Å². The fraction of sp³-hybridized carbons (Fsp3) is 0.375. The van der Waals surface area contributed by atoms with Crippen molar-refractivity contribution in [3.8, 4) is 0 Å². The molecule has 1 heterocycles. The van der Waals surface area contributed by atoms with E-state index in [2.05, 4.69) is 26.0 Å². The van der Waals surface area contributed by atoms with Crippen LogP contribution in [0, 0.1) is 33.1 Å². The summed E-state index contributed by atoms with van der Waals surface area (Å²) < 4.78 is 8.87. The van der Waals surface area contributed by atoms with Crippen LogP contribution in [0.4, 0.5) is 11.4 Å². The van der Waals surface area contributed by atoms with Crippen LogP contribution < -0.4 is 9.80 Å². The van der Waals surface area contributed by atoms with Crippen LogP contribution in [0.15, 0.2) is 36.4 Å². The maximum absolute atomic E-state index is 9.77. The van der Waals surface area contributed by atoms with Gasteiger partial charge in [-0.05, 0) is 56.9 Å². The van der Waals surface area contributed by atoms with Gasteiger partial charge in [0.25, 0.3) is 0 Å². The normalized spacial score (nSPS) is 20.0. The molecule has 0 aromatic heterocycles. The molecule has 0 radical (unpaired) electrons. The number of para-hydroxylation sites is 2. The van der Waals surface area contributed by atoms with Crippen LogP contribution in [0.1, 0.15) is 30.5 Å². The van der Waals surface area contributed by atoms with E-state index < -0.39 is 30.2 Å². The highest BCUT2D eigenvalue weighted by atomic mass is 16.4. The molecule has 0 bridgehead atoms. The number of carbonyl (C=O) groups is 2. The summed E-state index contributed by atoms with van der Waals surface area (Å²) in [5, 5.41) is 41.3. The van der Waals surface area contributed by atoms with E-state index in [1.165, 1.54) is 0 Å². The number of aliphatic hydroxyl groups excluding tert-OH is 2. The predicted molar refractivity (Wildman–Crippen MR) is 126 cm³/mol. The van der Waals surface area contributed by atoms with Gasteiger partial charge in [0, 0.05) is 17.9 Å². The van der Waals surface area contributed by atoms with E-state index in [-0.39, 0.29) is 0 Å². The first kappa shape index (κ1) is 24.2. The van der Waals surface area contributed by atoms with Crippen LogP contribution in [0.2, 0.25) is 0 Å². The van der Waals surface area contributed by atoms with E-state index in [9.17, 15) is 9.59 Å². The van der Waals surface area contributed by atoms with Crippen molar-refractivity contribution in [1.29, 1.82) is 5.41 Å². The number of nitrogens with zero attached hydrogens (tertiary/aromatic N) is 2. The molecule has 0 aliphatic carbocycles. The summed E-state index contributed by atoms with van der Waals surface area (Å²) in [6.45, 7) is 10.6. The van der Waals surface area contributed by atoms with Crippen molar-refractivity contribution in [3.63, 3.8) is 0 Å². The van der Waals surface area contributed by atoms with Crippen molar-refractivity contribution < 1.29 is 31.4 Å². The zero-order valence-electron chi connectivity index (χ0n) is 20.3. The van der Waals surface area contributed by atoms with E-state index in [0.29, 0.717) is 12.5 Å². The molecule has 3 atom stereocenters. The van der Waals surface area contributed by atoms with Crippen LogP contribution in [0.5, 0.6) is 0 Å². The summed E-state index contributed by atoms with van der Waals surface area (Å²) in [6.07, 6.45) is -4.53. The Morgan fingerprint density at radius 3 is 1.64 bits per heavy atom. The molecule has 1 aliphatic heterocycles. The molecular formula is C24H31N3O6. The molecule has 1 saturated heterocycles. The van der Waals surface area contributed by atoms with E-state index >= 15 is 0 Å². The fourth-order valence-corrected chi connectivity index (χ4v) is 3.82. The molecule has 9 heteroatoms. The van der Waals surface area contributed by atoms with Crippen molar-refractivity contribution in [3.05, 3.63) is 58.7 Å². The first-order valence-electron chi connectivity index (χ1n) is 10.8. The van der Waals surface area contributed by atoms with Crippen LogP contribution in [0.25, 0.3) is 0 Å². The standard InChI is InChI=1S/C20H25N3.C4H6O6/c1-13-8-6-9-14(2)18(13)22-12-17(5)23(20(22)21)19-15(3)10-7-11-16(19)4;5-1(3(7)8)2(6)4(9)10/h6-11,17,21H,12H2,1-5H3;1-2,5-6H,(H,7,8)(H,9,10)/i17D;. The number of aliphatic carboxylic acids is 2. The number of carboxylic acids is 2. The Balaban J connectivity index is 0.000000347. The number of aliphatic hydroxyl groups is 2. The van der Waals surface area contributed by atoms with Gasteiger partial charge < -0.3 is 30.2 Å². The Labute approximate surface area is 194 Å². The third-order valence-corrected chi connectivity index (χ3v) is 5.41. The average Bonchev–Trinajstić information content (AvgIpc) is 2.96. The fourth-order valence-electron chi connectivity index (χ4n) is 3.82. The molecule has 0 spiro atoms. The molecular weight excluding hydrogens is 426 g/mol. The van der Waals surface area contributed by atoms with Crippen LogP contribution >= 0.6 is 0 Å². The highest BCUT2D eigenvalue weighted by molar-refractivity contribution is 6.09. The number of guanidine groups is 1. The van der Waals surface area contributed by atoms with Crippen molar-refractivity contribution in [2.24, 2.45) is 0 Å². The maximum Gasteiger partial charge on any atom is 0.335 e. The summed E-state index contributed by atoms with van der Waals surface area (Å²) in [6, 6.07) is 11.4. The Kier molecular flexibility index (Phi) is 7.67. The highest BCUT2D eigenvalue weighted by Gasteiger charge is 2.36. The van der Waals surface area contributed by atoms with E-state index in [1.54, 1.807) is 0 Å². The van der Waals surface area contributed by atoms with Gasteiger partial charge in [0.15, 0.2) is 12.2 Å². The second-order valence-electron chi connectivity index (χ2n) is 8.03. The first-order valence-corrected chi connectivity index (χ1v) is 10.3. The number of benzene rings is 2. The number of rotatable bonds is 5. The molecule has 9 nitrogen and oxygen atoms in total. The Hall–Kier alpha value is -3.43. The number of hydrogen-bond acceptors (Lipinski definition) is 5. The van der Waals surface area contributed by atoms with Gasteiger partial charge in [-0.1, -0.05) is 36.4 Å². The monoisotopic (exact) mass is 458 g/mol. The van der Waals surface area contributed by atoms with Gasteiger partial charge in [0.2, 0.25) is 5.96 Å². The summed E-state index contributed by atoms with van der Waals surface area (Å²) in [5.74, 6) is -3.16. The zero-order chi connectivity index (χ0) is 26.0. The van der Waals surface area contributed by atoms with Gasteiger partial charge in [-0.25, -0.2) is 9.59 Å². The Morgan fingerprint density at radius 1 is 0.909 bits per heavy atom. The molecule has 178 valence electrons. The van der Waals surface area contributed by atoms with Gasteiger partial charge >= 0.3 is 11.9 Å². The lowest BCUT2D eigenvalue weighted by molar-refractivity contribution is -0.165. The molecule has 1 fully saturated rings. The summed E-state index contributed by atoms with van der Waals surface area (Å²) >= 11 is 0. The molecule has 1 aliphatic rings. The summed E-state index contributed by atoms with van der Waals surface area (Å²) in [5.41, 5.74) is 6.50. The van der Waals surface area contributed by atoms with Crippen molar-refractivity contribution in [1.82, 2.24) is 0 Å². The quantitative estimate of drug-likeness (QED) is 0.459. The maximum atomic E-state index is 9.77. The van der Waals surface area contributed by atoms with Crippen LogP contribution in [-0.2, 0) is 9.59 Å². The SMILES string of the molecule is O=C(O)C(O)C(O)C(=O)O.[2H]C1(C)CN(c2c(C)cccc2C)C(=N)N1c1c(C)cccc1C. The number of carboxylic acid groups (broad SMARTS) is 2. The lowest BCUT2D eigenvalue weighted by atomic mass is 10.1. The Morgan fingerprint density at radius 2 is 1.27 bits per heavy atom. The van der Waals surface area contributed by atoms with Crippen LogP contribution in [-0.4, -0.2) is 63.1 Å². The number of anilines is 2. The molecule has 0 amide bonds. The van der Waals surface area contributed by atoms with E-state index in [1.807, 2.05) is 54.8 Å². The molecule has 3 rings (SSSR count). The summed E-state index contributed by atoms with van der Waals surface area (Å²) in [4.78, 5) is 23.4. The van der Waals surface area contributed by atoms with Gasteiger partial charge in [0.05, 0.1) is 7.39 Å². The van der Waals surface area contributed by atoms with Crippen molar-refractivity contribution >= 4 is 29.3 Å². The minimum absolute atomic E-state index is 0.377. The smallest absolute Gasteiger partial charge is 0.335 e. The van der Waals surface area contributed by atoms with Gasteiger partial charge in [-0.2, -0.15) is 0 Å². The molecule has 5 N–H and O–H groups in total. The van der Waals surface area contributed by atoms with Crippen molar-refractivity contribution in [2.45, 2.75) is 52.8 Å².